The van der Waals surface area contributed by atoms with Crippen LogP contribution in [-0.4, -0.2) is 78.0 Å². The molecule has 0 bridgehead atoms. The van der Waals surface area contributed by atoms with Gasteiger partial charge in [-0.3, -0.25) is 14.5 Å². The van der Waals surface area contributed by atoms with Gasteiger partial charge in [0.2, 0.25) is 5.91 Å². The Bertz CT molecular complexity index is 1660. The molecule has 5 rings (SSSR count). The van der Waals surface area contributed by atoms with Gasteiger partial charge in [-0.2, -0.15) is 0 Å². The van der Waals surface area contributed by atoms with E-state index in [9.17, 15) is 13.2 Å². The molecule has 3 aromatic rings. The van der Waals surface area contributed by atoms with E-state index in [1.165, 1.54) is 56.6 Å². The molecule has 1 saturated heterocycles. The van der Waals surface area contributed by atoms with E-state index in [1.54, 1.807) is 49.3 Å². The molecule has 42 heavy (non-hydrogen) atoms. The van der Waals surface area contributed by atoms with Crippen LogP contribution in [0.25, 0.3) is 0 Å². The minimum atomic E-state index is -4.57. The number of para-hydroxylation sites is 1. The molecular formula is C30H32ClN3O7S. The van der Waals surface area contributed by atoms with Gasteiger partial charge < -0.3 is 19.1 Å². The lowest BCUT2D eigenvalue weighted by Crippen LogP contribution is -2.59. The minimum absolute atomic E-state index is 0.00860. The van der Waals surface area contributed by atoms with Crippen molar-refractivity contribution in [2.75, 3.05) is 46.3 Å². The van der Waals surface area contributed by atoms with Gasteiger partial charge in [0, 0.05) is 42.9 Å². The van der Waals surface area contributed by atoms with Gasteiger partial charge in [-0.25, -0.2) is 12.7 Å². The molecule has 222 valence electrons. The molecule has 0 spiro atoms. The summed E-state index contributed by atoms with van der Waals surface area (Å²) < 4.78 is 46.2. The van der Waals surface area contributed by atoms with Crippen LogP contribution in [-0.2, 0) is 25.2 Å². The van der Waals surface area contributed by atoms with Gasteiger partial charge >= 0.3 is 0 Å². The molecule has 2 atom stereocenters. The lowest BCUT2D eigenvalue weighted by molar-refractivity contribution is -0.138. The first-order chi connectivity index (χ1) is 20.0. The third-order valence-electron chi connectivity index (χ3n) is 7.86. The van der Waals surface area contributed by atoms with Crippen molar-refractivity contribution >= 4 is 39.1 Å². The van der Waals surface area contributed by atoms with Crippen molar-refractivity contribution in [3.63, 3.8) is 0 Å². The number of fused-ring (bicyclic) bond motifs is 1. The van der Waals surface area contributed by atoms with Gasteiger partial charge in [0.15, 0.2) is 5.54 Å². The maximum Gasteiger partial charge on any atom is 0.274 e. The zero-order valence-corrected chi connectivity index (χ0v) is 25.5. The van der Waals surface area contributed by atoms with Gasteiger partial charge in [-0.05, 0) is 49.2 Å². The van der Waals surface area contributed by atoms with Gasteiger partial charge in [0.05, 0.1) is 33.1 Å². The summed E-state index contributed by atoms with van der Waals surface area (Å²) in [5, 5.41) is 0.303. The normalized spacial score (nSPS) is 20.4. The second-order valence-electron chi connectivity index (χ2n) is 10.2. The number of hydrogen-bond donors (Lipinski definition) is 0. The fraction of sp³-hybridized carbons (Fsp3) is 0.333. The van der Waals surface area contributed by atoms with Crippen LogP contribution in [0.1, 0.15) is 24.0 Å². The Labute approximate surface area is 250 Å². The third-order valence-corrected chi connectivity index (χ3v) is 9.83. The highest BCUT2D eigenvalue weighted by atomic mass is 35.5. The van der Waals surface area contributed by atoms with E-state index in [1.807, 2.05) is 0 Å². The lowest BCUT2D eigenvalue weighted by Gasteiger charge is -2.42. The average Bonchev–Trinajstić information content (AvgIpc) is 3.57. The molecule has 0 unspecified atom stereocenters. The first-order valence-corrected chi connectivity index (χ1v) is 15.1. The molecule has 0 radical (unpaired) electrons. The number of benzene rings is 3. The maximum atomic E-state index is 15.1. The molecule has 12 heteroatoms. The van der Waals surface area contributed by atoms with Crippen molar-refractivity contribution in [1.29, 1.82) is 0 Å². The van der Waals surface area contributed by atoms with Gasteiger partial charge in [-0.15, -0.1) is 0 Å². The molecule has 0 aliphatic carbocycles. The molecular weight excluding hydrogens is 582 g/mol. The summed E-state index contributed by atoms with van der Waals surface area (Å²) in [6, 6.07) is 15.1. The van der Waals surface area contributed by atoms with E-state index in [-0.39, 0.29) is 22.2 Å². The average molecular weight is 614 g/mol. The van der Waals surface area contributed by atoms with Crippen molar-refractivity contribution in [2.45, 2.75) is 29.3 Å². The summed E-state index contributed by atoms with van der Waals surface area (Å²) in [5.41, 5.74) is -0.902. The molecule has 0 saturated carbocycles. The van der Waals surface area contributed by atoms with Gasteiger partial charge in [0.1, 0.15) is 22.1 Å². The van der Waals surface area contributed by atoms with Gasteiger partial charge in [-0.1, -0.05) is 29.8 Å². The molecule has 0 aromatic heterocycles. The molecule has 1 fully saturated rings. The van der Waals surface area contributed by atoms with Crippen LogP contribution in [0, 0.1) is 0 Å². The number of halogens is 1. The number of methoxy groups -OCH3 is 3. The Morgan fingerprint density at radius 1 is 0.952 bits per heavy atom. The number of sulfonamides is 1. The zero-order valence-electron chi connectivity index (χ0n) is 24.0. The number of rotatable bonds is 8. The van der Waals surface area contributed by atoms with Crippen LogP contribution >= 0.6 is 11.6 Å². The second kappa shape index (κ2) is 11.1. The van der Waals surface area contributed by atoms with Gasteiger partial charge in [0.25, 0.3) is 15.9 Å². The summed E-state index contributed by atoms with van der Waals surface area (Å²) in [6.07, 6.45) is 1.10. The third kappa shape index (κ3) is 4.38. The SMILES string of the molecule is COc1ccc(S(=O)(=O)N2C(=O)[C@@](c3ccccc3OC)(N3CCC[C@H]3C(=O)N(C)C)c3cc(Cl)ccc32)c(OC)c1. The summed E-state index contributed by atoms with van der Waals surface area (Å²) in [4.78, 5) is 31.7. The number of ether oxygens (including phenoxy) is 3. The van der Waals surface area contributed by atoms with Crippen LogP contribution in [0.5, 0.6) is 17.2 Å². The number of nitrogens with zero attached hydrogens (tertiary/aromatic N) is 3. The van der Waals surface area contributed by atoms with Crippen LogP contribution in [0.15, 0.2) is 65.6 Å². The van der Waals surface area contributed by atoms with Crippen LogP contribution in [0.4, 0.5) is 5.69 Å². The van der Waals surface area contributed by atoms with Crippen molar-refractivity contribution < 1.29 is 32.2 Å². The van der Waals surface area contributed by atoms with E-state index in [0.717, 1.165) is 4.31 Å². The second-order valence-corrected chi connectivity index (χ2v) is 12.4. The topological polar surface area (TPSA) is 106 Å². The van der Waals surface area contributed by atoms with Crippen LogP contribution in [0.3, 0.4) is 0 Å². The number of amides is 2. The Kier molecular flexibility index (Phi) is 7.86. The Balaban J connectivity index is 1.85. The number of anilines is 1. The zero-order chi connectivity index (χ0) is 30.4. The van der Waals surface area contributed by atoms with E-state index in [0.29, 0.717) is 47.0 Å². The minimum Gasteiger partial charge on any atom is -0.497 e. The van der Waals surface area contributed by atoms with Crippen LogP contribution < -0.4 is 18.5 Å². The molecule has 0 N–H and O–H groups in total. The molecule has 2 amide bonds. The Morgan fingerprint density at radius 2 is 1.67 bits per heavy atom. The highest BCUT2D eigenvalue weighted by molar-refractivity contribution is 7.93. The highest BCUT2D eigenvalue weighted by Crippen LogP contribution is 2.55. The lowest BCUT2D eigenvalue weighted by atomic mass is 9.80. The smallest absolute Gasteiger partial charge is 0.274 e. The summed E-state index contributed by atoms with van der Waals surface area (Å²) >= 11 is 6.54. The number of hydrogen-bond acceptors (Lipinski definition) is 8. The largest absolute Gasteiger partial charge is 0.497 e. The Morgan fingerprint density at radius 3 is 2.33 bits per heavy atom. The molecule has 10 nitrogen and oxygen atoms in total. The molecule has 3 aromatic carbocycles. The quantitative estimate of drug-likeness (QED) is 0.377. The number of carbonyl (C=O) groups is 2. The first-order valence-electron chi connectivity index (χ1n) is 13.3. The monoisotopic (exact) mass is 613 g/mol. The molecule has 2 aliphatic rings. The number of likely N-dealkylation sites (N-methyl/N-ethyl adjacent to an activating group) is 1. The fourth-order valence-electron chi connectivity index (χ4n) is 6.03. The summed E-state index contributed by atoms with van der Waals surface area (Å²) in [5.74, 6) is -0.219. The van der Waals surface area contributed by atoms with Crippen molar-refractivity contribution in [3.8, 4) is 17.2 Å². The molecule has 2 heterocycles. The van der Waals surface area contributed by atoms with Crippen molar-refractivity contribution in [3.05, 3.63) is 76.8 Å². The summed E-state index contributed by atoms with van der Waals surface area (Å²) in [7, 11) is 3.02. The fourth-order valence-corrected chi connectivity index (χ4v) is 7.80. The predicted molar refractivity (Wildman–Crippen MR) is 158 cm³/mol. The van der Waals surface area contributed by atoms with E-state index < -0.39 is 27.5 Å². The maximum absolute atomic E-state index is 15.1. The standard InChI is InChI=1S/C30H32ClN3O7S/c1-32(2)28(35)24-10-8-16-33(24)30(21-9-6-7-11-25(21)40-4)22-17-19(31)12-14-23(22)34(29(30)36)42(37,38)27-15-13-20(39-3)18-26(27)41-5/h6-7,9,11-15,17-18,24H,8,10,16H2,1-5H3/t24-,30-/m0/s1. The number of carbonyl (C=O) groups excluding carboxylic acids is 2. The van der Waals surface area contributed by atoms with Crippen LogP contribution in [0.2, 0.25) is 5.02 Å². The molecule has 2 aliphatic heterocycles. The Hall–Kier alpha value is -3.80. The number of likely N-dealkylation sites (tertiary alicyclic amines) is 1. The highest BCUT2D eigenvalue weighted by Gasteiger charge is 2.63. The first kappa shape index (κ1) is 29.7. The summed E-state index contributed by atoms with van der Waals surface area (Å²) in [6.45, 7) is 0.347. The van der Waals surface area contributed by atoms with E-state index in [4.69, 9.17) is 25.8 Å². The van der Waals surface area contributed by atoms with Crippen molar-refractivity contribution in [2.24, 2.45) is 0 Å². The van der Waals surface area contributed by atoms with E-state index in [2.05, 4.69) is 0 Å². The predicted octanol–water partition coefficient (Wildman–Crippen LogP) is 3.90. The van der Waals surface area contributed by atoms with E-state index >= 15 is 4.79 Å². The van der Waals surface area contributed by atoms with Crippen molar-refractivity contribution in [1.82, 2.24) is 9.80 Å².